The predicted molar refractivity (Wildman–Crippen MR) is 134 cm³/mol. The zero-order chi connectivity index (χ0) is 25.4. The largest absolute Gasteiger partial charge is 0.385 e. The van der Waals surface area contributed by atoms with E-state index < -0.39 is 16.1 Å². The molecule has 0 radical (unpaired) electrons. The minimum Gasteiger partial charge on any atom is -0.385 e. The Hall–Kier alpha value is -3.28. The predicted octanol–water partition coefficient (Wildman–Crippen LogP) is 2.17. The van der Waals surface area contributed by atoms with Gasteiger partial charge in [-0.3, -0.25) is 9.59 Å². The molecule has 3 aromatic rings. The average Bonchev–Trinajstić information content (AvgIpc) is 3.44. The van der Waals surface area contributed by atoms with Gasteiger partial charge in [0.05, 0.1) is 12.7 Å². The molecule has 2 amide bonds. The zero-order valence-electron chi connectivity index (χ0n) is 20.4. The number of piperidine rings is 1. The van der Waals surface area contributed by atoms with Gasteiger partial charge in [-0.15, -0.1) is 0 Å². The van der Waals surface area contributed by atoms with Gasteiger partial charge in [-0.25, -0.2) is 18.0 Å². The van der Waals surface area contributed by atoms with Gasteiger partial charge in [0.25, 0.3) is 21.0 Å². The Labute approximate surface area is 209 Å². The van der Waals surface area contributed by atoms with Crippen LogP contribution in [0.5, 0.6) is 0 Å². The molecule has 1 fully saturated rings. The maximum Gasteiger partial charge on any atom is 0.284 e. The first kappa shape index (κ1) is 24.4. The summed E-state index contributed by atoms with van der Waals surface area (Å²) < 4.78 is 34.7. The highest BCUT2D eigenvalue weighted by Crippen LogP contribution is 2.41. The molecule has 11 heteroatoms. The Morgan fingerprint density at radius 1 is 1.25 bits per heavy atom. The van der Waals surface area contributed by atoms with Crippen LogP contribution in [0.1, 0.15) is 36.0 Å². The highest BCUT2D eigenvalue weighted by Gasteiger charge is 2.40. The number of benzene rings is 2. The molecule has 1 aromatic heterocycles. The molecule has 0 bridgehead atoms. The number of hydrogen-bond acceptors (Lipinski definition) is 5. The topological polar surface area (TPSA) is 116 Å². The number of hydrogen-bond donors (Lipinski definition) is 2. The van der Waals surface area contributed by atoms with E-state index in [-0.39, 0.29) is 23.4 Å². The van der Waals surface area contributed by atoms with Crippen LogP contribution in [-0.4, -0.2) is 62.4 Å². The molecule has 0 spiro atoms. The van der Waals surface area contributed by atoms with E-state index in [1.165, 1.54) is 10.5 Å². The molecular formula is C25H30N5O5S+. The molecule has 2 N–H and O–H groups in total. The highest BCUT2D eigenvalue weighted by atomic mass is 32.2. The molecule has 2 aliphatic rings. The number of imidazole rings is 1. The Morgan fingerprint density at radius 2 is 2.08 bits per heavy atom. The number of aryl methyl sites for hydroxylation is 1. The summed E-state index contributed by atoms with van der Waals surface area (Å²) >= 11 is 0. The van der Waals surface area contributed by atoms with Crippen LogP contribution in [0.25, 0.3) is 10.8 Å². The van der Waals surface area contributed by atoms with E-state index >= 15 is 0 Å². The van der Waals surface area contributed by atoms with Crippen LogP contribution in [0.4, 0.5) is 11.4 Å². The third-order valence-corrected chi connectivity index (χ3v) is 8.68. The van der Waals surface area contributed by atoms with Crippen molar-refractivity contribution in [3.05, 3.63) is 48.4 Å². The molecule has 1 atom stereocenters. The van der Waals surface area contributed by atoms with Crippen molar-refractivity contribution in [2.45, 2.75) is 36.8 Å². The summed E-state index contributed by atoms with van der Waals surface area (Å²) in [6.45, 7) is 1.37. The quantitative estimate of drug-likeness (QED) is 0.355. The van der Waals surface area contributed by atoms with E-state index in [4.69, 9.17) is 4.74 Å². The Bertz CT molecular complexity index is 1430. The van der Waals surface area contributed by atoms with E-state index in [2.05, 4.69) is 10.3 Å². The van der Waals surface area contributed by atoms with Gasteiger partial charge in [0.15, 0.2) is 0 Å². The van der Waals surface area contributed by atoms with Crippen molar-refractivity contribution in [2.24, 2.45) is 7.05 Å². The molecule has 0 saturated carbocycles. The summed E-state index contributed by atoms with van der Waals surface area (Å²) in [6, 6.07) is 8.27. The second-order valence-electron chi connectivity index (χ2n) is 9.21. The van der Waals surface area contributed by atoms with E-state index in [9.17, 15) is 18.0 Å². The fourth-order valence-electron chi connectivity index (χ4n) is 5.11. The number of carbonyl (C=O) groups is 2. The minimum atomic E-state index is -3.86. The molecule has 3 heterocycles. The second kappa shape index (κ2) is 9.64. The Kier molecular flexibility index (Phi) is 6.54. The first-order valence-electron chi connectivity index (χ1n) is 12.1. The van der Waals surface area contributed by atoms with Crippen molar-refractivity contribution >= 4 is 44.0 Å². The van der Waals surface area contributed by atoms with Crippen molar-refractivity contribution in [3.8, 4) is 0 Å². The number of nitrogens with zero attached hydrogens (tertiary/aromatic N) is 3. The van der Waals surface area contributed by atoms with Crippen LogP contribution in [-0.2, 0) is 26.6 Å². The first-order chi connectivity index (χ1) is 17.3. The minimum absolute atomic E-state index is 0.0575. The molecule has 36 heavy (non-hydrogen) atoms. The average molecular weight is 513 g/mol. The Morgan fingerprint density at radius 3 is 2.83 bits per heavy atom. The summed E-state index contributed by atoms with van der Waals surface area (Å²) in [7, 11) is -0.502. The van der Waals surface area contributed by atoms with Crippen LogP contribution in [0.3, 0.4) is 0 Å². The lowest BCUT2D eigenvalue weighted by molar-refractivity contribution is -0.671. The Balaban J connectivity index is 1.44. The number of nitrogens with one attached hydrogen (secondary N) is 2. The summed E-state index contributed by atoms with van der Waals surface area (Å²) in [5.74, 6) is -0.449. The summed E-state index contributed by atoms with van der Waals surface area (Å²) in [4.78, 5) is 31.1. The number of aromatic amines is 1. The van der Waals surface area contributed by atoms with Crippen LogP contribution in [0.15, 0.2) is 47.9 Å². The molecule has 1 saturated heterocycles. The van der Waals surface area contributed by atoms with E-state index in [1.54, 1.807) is 48.2 Å². The fraction of sp³-hybridized carbons (Fsp3) is 0.400. The van der Waals surface area contributed by atoms with Crippen LogP contribution >= 0.6 is 0 Å². The van der Waals surface area contributed by atoms with Gasteiger partial charge < -0.3 is 15.0 Å². The highest BCUT2D eigenvalue weighted by molar-refractivity contribution is 7.89. The van der Waals surface area contributed by atoms with Crippen LogP contribution < -0.4 is 14.8 Å². The van der Waals surface area contributed by atoms with Gasteiger partial charge >= 0.3 is 0 Å². The maximum atomic E-state index is 13.5. The van der Waals surface area contributed by atoms with E-state index in [1.807, 2.05) is 12.1 Å². The molecule has 2 aliphatic heterocycles. The molecule has 190 valence electrons. The number of ether oxygens (including phenoxy) is 1. The third-order valence-electron chi connectivity index (χ3n) is 6.85. The molecule has 0 aliphatic carbocycles. The number of aromatic nitrogens is 2. The fourth-order valence-corrected chi connectivity index (χ4v) is 6.77. The van der Waals surface area contributed by atoms with Gasteiger partial charge in [-0.2, -0.15) is 4.31 Å². The van der Waals surface area contributed by atoms with Crippen molar-refractivity contribution in [3.63, 3.8) is 0 Å². The number of anilines is 2. The smallest absolute Gasteiger partial charge is 0.284 e. The number of amides is 2. The third kappa shape index (κ3) is 4.16. The van der Waals surface area contributed by atoms with Gasteiger partial charge in [0.2, 0.25) is 12.2 Å². The standard InChI is InChI=1S/C25H29N5O5S/c1-28-15-22(26-16-28)36(33,34)30-13-4-3-9-21(30)24(31)27-19-10-11-20-23-17(19)7-5-8-18(23)25(32)29(20)12-6-14-35-2/h5,7-8,10-11,15-16,21H,3-4,6,9,12-14H2,1-2H3,(H,27,31,32)/p+1. The lowest BCUT2D eigenvalue weighted by Crippen LogP contribution is -2.50. The molecule has 5 rings (SSSR count). The number of carbonyl (C=O) groups excluding carboxylic acids is 2. The lowest BCUT2D eigenvalue weighted by atomic mass is 10.0. The van der Waals surface area contributed by atoms with Crippen molar-refractivity contribution < 1.29 is 27.3 Å². The monoisotopic (exact) mass is 512 g/mol. The zero-order valence-corrected chi connectivity index (χ0v) is 21.2. The molecular weight excluding hydrogens is 482 g/mol. The van der Waals surface area contributed by atoms with Gasteiger partial charge in [-0.05, 0) is 37.5 Å². The second-order valence-corrected chi connectivity index (χ2v) is 11.1. The van der Waals surface area contributed by atoms with Gasteiger partial charge in [0.1, 0.15) is 12.2 Å². The first-order valence-corrected chi connectivity index (χ1v) is 13.5. The SMILES string of the molecule is COCCCN1C(=O)c2cccc3c(NC(=O)C4CCCCN4S(=O)(=O)c4c[n+](C)c[nH]4)ccc1c23. The number of sulfonamides is 1. The van der Waals surface area contributed by atoms with E-state index in [0.717, 1.165) is 22.9 Å². The number of methoxy groups -OCH3 is 1. The molecule has 2 aromatic carbocycles. The lowest BCUT2D eigenvalue weighted by Gasteiger charge is -2.32. The van der Waals surface area contributed by atoms with Gasteiger partial charge in [0, 0.05) is 48.8 Å². The summed E-state index contributed by atoms with van der Waals surface area (Å²) in [5.41, 5.74) is 1.96. The van der Waals surface area contributed by atoms with Gasteiger partial charge in [-0.1, -0.05) is 18.6 Å². The molecule has 1 unspecified atom stereocenters. The van der Waals surface area contributed by atoms with Crippen LogP contribution in [0, 0.1) is 0 Å². The summed E-state index contributed by atoms with van der Waals surface area (Å²) in [6.07, 6.45) is 5.65. The number of rotatable bonds is 8. The van der Waals surface area contributed by atoms with Crippen molar-refractivity contribution in [1.82, 2.24) is 9.29 Å². The van der Waals surface area contributed by atoms with Crippen molar-refractivity contribution in [2.75, 3.05) is 37.0 Å². The maximum absolute atomic E-state index is 13.5. The number of H-pyrrole nitrogens is 1. The molecule has 10 nitrogen and oxygen atoms in total. The van der Waals surface area contributed by atoms with E-state index in [0.29, 0.717) is 43.7 Å². The summed E-state index contributed by atoms with van der Waals surface area (Å²) in [5, 5.41) is 4.57. The van der Waals surface area contributed by atoms with Crippen LogP contribution in [0.2, 0.25) is 0 Å². The normalized spacial score (nSPS) is 18.2. The van der Waals surface area contributed by atoms with Crippen molar-refractivity contribution in [1.29, 1.82) is 0 Å².